The molecule has 2 aromatic carbocycles. The quantitative estimate of drug-likeness (QED) is 0.727. The summed E-state index contributed by atoms with van der Waals surface area (Å²) in [6.45, 7) is 6.34. The normalized spacial score (nSPS) is 13.2. The maximum Gasteiger partial charge on any atom is 0.0831 e. The van der Waals surface area contributed by atoms with E-state index in [9.17, 15) is 0 Å². The van der Waals surface area contributed by atoms with E-state index in [4.69, 9.17) is 4.74 Å². The molecule has 0 amide bonds. The van der Waals surface area contributed by atoms with Gasteiger partial charge in [0.05, 0.1) is 12.2 Å². The smallest absolute Gasteiger partial charge is 0.0831 e. The van der Waals surface area contributed by atoms with Gasteiger partial charge in [0.25, 0.3) is 0 Å². The average Bonchev–Trinajstić information content (AvgIpc) is 2.37. The molecule has 0 saturated carbocycles. The molecule has 96 valence electrons. The minimum atomic E-state index is 0.169. The Bertz CT molecular complexity index is 534. The molecule has 2 rings (SSSR count). The Labute approximate surface area is 117 Å². The van der Waals surface area contributed by atoms with Crippen molar-refractivity contribution < 1.29 is 4.74 Å². The van der Waals surface area contributed by atoms with E-state index in [2.05, 4.69) is 73.1 Å². The van der Waals surface area contributed by atoms with Crippen LogP contribution in [-0.2, 0) is 4.74 Å². The SMILES string of the molecule is CC[C@@H](OC(C)C)c1ccc(Br)c2ccccc12. The largest absolute Gasteiger partial charge is 0.371 e. The lowest BCUT2D eigenvalue weighted by molar-refractivity contribution is 0.00531. The molecule has 0 spiro atoms. The van der Waals surface area contributed by atoms with Gasteiger partial charge in [-0.15, -0.1) is 0 Å². The third-order valence-electron chi connectivity index (χ3n) is 3.06. The minimum Gasteiger partial charge on any atom is -0.371 e. The summed E-state index contributed by atoms with van der Waals surface area (Å²) < 4.78 is 7.16. The fraction of sp³-hybridized carbons (Fsp3) is 0.375. The number of ether oxygens (including phenoxy) is 1. The Hall–Kier alpha value is -0.860. The minimum absolute atomic E-state index is 0.169. The molecule has 2 aromatic rings. The van der Waals surface area contributed by atoms with Crippen molar-refractivity contribution in [3.63, 3.8) is 0 Å². The Morgan fingerprint density at radius 1 is 1.06 bits per heavy atom. The number of benzene rings is 2. The molecule has 2 heteroatoms. The summed E-state index contributed by atoms with van der Waals surface area (Å²) in [6.07, 6.45) is 1.41. The molecule has 1 atom stereocenters. The van der Waals surface area contributed by atoms with Crippen LogP contribution in [0, 0.1) is 0 Å². The molecule has 0 radical (unpaired) electrons. The zero-order valence-electron chi connectivity index (χ0n) is 11.1. The van der Waals surface area contributed by atoms with Gasteiger partial charge in [-0.3, -0.25) is 0 Å². The van der Waals surface area contributed by atoms with Crippen molar-refractivity contribution in [2.24, 2.45) is 0 Å². The van der Waals surface area contributed by atoms with Gasteiger partial charge in [-0.25, -0.2) is 0 Å². The van der Waals surface area contributed by atoms with E-state index >= 15 is 0 Å². The Kier molecular flexibility index (Phi) is 4.41. The molecule has 0 fully saturated rings. The summed E-state index contributed by atoms with van der Waals surface area (Å²) in [5.74, 6) is 0. The fourth-order valence-electron chi connectivity index (χ4n) is 2.28. The lowest BCUT2D eigenvalue weighted by Crippen LogP contribution is -2.10. The fourth-order valence-corrected chi connectivity index (χ4v) is 2.76. The highest BCUT2D eigenvalue weighted by Crippen LogP contribution is 2.33. The van der Waals surface area contributed by atoms with Crippen molar-refractivity contribution in [1.29, 1.82) is 0 Å². The zero-order valence-corrected chi connectivity index (χ0v) is 12.7. The Balaban J connectivity index is 2.53. The van der Waals surface area contributed by atoms with Gasteiger partial charge in [0, 0.05) is 4.47 Å². The van der Waals surface area contributed by atoms with Crippen molar-refractivity contribution in [2.75, 3.05) is 0 Å². The van der Waals surface area contributed by atoms with Crippen molar-refractivity contribution in [1.82, 2.24) is 0 Å². The molecule has 0 N–H and O–H groups in total. The van der Waals surface area contributed by atoms with Gasteiger partial charge in [-0.2, -0.15) is 0 Å². The van der Waals surface area contributed by atoms with Crippen molar-refractivity contribution in [3.8, 4) is 0 Å². The lowest BCUT2D eigenvalue weighted by Gasteiger charge is -2.21. The maximum absolute atomic E-state index is 6.02. The van der Waals surface area contributed by atoms with Crippen LogP contribution in [0.3, 0.4) is 0 Å². The van der Waals surface area contributed by atoms with Crippen molar-refractivity contribution in [3.05, 3.63) is 46.4 Å². The summed E-state index contributed by atoms with van der Waals surface area (Å²) in [5, 5.41) is 2.53. The third kappa shape index (κ3) is 2.76. The average molecular weight is 307 g/mol. The predicted molar refractivity (Wildman–Crippen MR) is 80.9 cm³/mol. The first-order chi connectivity index (χ1) is 8.63. The van der Waals surface area contributed by atoms with Crippen LogP contribution in [0.15, 0.2) is 40.9 Å². The zero-order chi connectivity index (χ0) is 13.1. The third-order valence-corrected chi connectivity index (χ3v) is 3.75. The number of rotatable bonds is 4. The van der Waals surface area contributed by atoms with Gasteiger partial charge in [0.1, 0.15) is 0 Å². The highest BCUT2D eigenvalue weighted by Gasteiger charge is 2.15. The molecule has 0 aliphatic rings. The van der Waals surface area contributed by atoms with E-state index in [-0.39, 0.29) is 12.2 Å². The molecule has 0 bridgehead atoms. The number of fused-ring (bicyclic) bond motifs is 1. The highest BCUT2D eigenvalue weighted by molar-refractivity contribution is 9.10. The molecule has 18 heavy (non-hydrogen) atoms. The first-order valence-electron chi connectivity index (χ1n) is 6.46. The van der Waals surface area contributed by atoms with Crippen LogP contribution < -0.4 is 0 Å². The van der Waals surface area contributed by atoms with Crippen LogP contribution in [0.4, 0.5) is 0 Å². The van der Waals surface area contributed by atoms with Crippen LogP contribution in [0.5, 0.6) is 0 Å². The Morgan fingerprint density at radius 3 is 2.33 bits per heavy atom. The van der Waals surface area contributed by atoms with Gasteiger partial charge in [-0.1, -0.05) is 53.2 Å². The standard InChI is InChI=1S/C16H19BrO/c1-4-16(18-11(2)3)14-9-10-15(17)13-8-6-5-7-12(13)14/h5-11,16H,4H2,1-3H3/t16-/m1/s1. The van der Waals surface area contributed by atoms with E-state index in [0.717, 1.165) is 10.9 Å². The number of hydrogen-bond acceptors (Lipinski definition) is 1. The first-order valence-corrected chi connectivity index (χ1v) is 7.25. The summed E-state index contributed by atoms with van der Waals surface area (Å²) in [4.78, 5) is 0. The van der Waals surface area contributed by atoms with Crippen LogP contribution in [0.1, 0.15) is 38.9 Å². The predicted octanol–water partition coefficient (Wildman–Crippen LogP) is 5.48. The van der Waals surface area contributed by atoms with Crippen LogP contribution in [0.2, 0.25) is 0 Å². The van der Waals surface area contributed by atoms with Crippen LogP contribution in [-0.4, -0.2) is 6.10 Å². The summed E-state index contributed by atoms with van der Waals surface area (Å²) in [5.41, 5.74) is 1.28. The second-order valence-corrected chi connectivity index (χ2v) is 5.62. The molecule has 0 aromatic heterocycles. The van der Waals surface area contributed by atoms with E-state index < -0.39 is 0 Å². The van der Waals surface area contributed by atoms with E-state index in [0.29, 0.717) is 0 Å². The molecule has 0 aliphatic heterocycles. The molecule has 0 saturated heterocycles. The topological polar surface area (TPSA) is 9.23 Å². The Morgan fingerprint density at radius 2 is 1.72 bits per heavy atom. The molecule has 1 nitrogen and oxygen atoms in total. The van der Waals surface area contributed by atoms with Gasteiger partial charge < -0.3 is 4.74 Å². The van der Waals surface area contributed by atoms with Crippen LogP contribution >= 0.6 is 15.9 Å². The van der Waals surface area contributed by atoms with E-state index in [1.807, 2.05) is 0 Å². The molecule has 0 heterocycles. The van der Waals surface area contributed by atoms with Gasteiger partial charge >= 0.3 is 0 Å². The van der Waals surface area contributed by atoms with Crippen LogP contribution in [0.25, 0.3) is 10.8 Å². The second-order valence-electron chi connectivity index (χ2n) is 4.76. The second kappa shape index (κ2) is 5.85. The van der Waals surface area contributed by atoms with Crippen molar-refractivity contribution >= 4 is 26.7 Å². The van der Waals surface area contributed by atoms with E-state index in [1.54, 1.807) is 0 Å². The highest BCUT2D eigenvalue weighted by atomic mass is 79.9. The van der Waals surface area contributed by atoms with Crippen molar-refractivity contribution in [2.45, 2.75) is 39.4 Å². The molecule has 0 aliphatic carbocycles. The molecule has 0 unspecified atom stereocenters. The molecular formula is C16H19BrO. The first kappa shape index (κ1) is 13.6. The van der Waals surface area contributed by atoms with Gasteiger partial charge in [0.15, 0.2) is 0 Å². The van der Waals surface area contributed by atoms with Gasteiger partial charge in [-0.05, 0) is 42.7 Å². The lowest BCUT2D eigenvalue weighted by atomic mass is 9.99. The summed E-state index contributed by atoms with van der Waals surface area (Å²) in [6, 6.07) is 12.8. The summed E-state index contributed by atoms with van der Waals surface area (Å²) in [7, 11) is 0. The monoisotopic (exact) mass is 306 g/mol. The maximum atomic E-state index is 6.02. The van der Waals surface area contributed by atoms with E-state index in [1.165, 1.54) is 16.3 Å². The van der Waals surface area contributed by atoms with Gasteiger partial charge in [0.2, 0.25) is 0 Å². The number of halogens is 1. The molecular weight excluding hydrogens is 288 g/mol. The summed E-state index contributed by atoms with van der Waals surface area (Å²) >= 11 is 3.61. The number of hydrogen-bond donors (Lipinski definition) is 0.